The molecule has 0 fully saturated rings. The van der Waals surface area contributed by atoms with E-state index >= 15 is 0 Å². The monoisotopic (exact) mass is 381 g/mol. The molecule has 0 amide bonds. The van der Waals surface area contributed by atoms with Crippen LogP contribution in [-0.4, -0.2) is 32.7 Å². The van der Waals surface area contributed by atoms with Gasteiger partial charge in [0.2, 0.25) is 5.90 Å². The second kappa shape index (κ2) is 9.08. The lowest BCUT2D eigenvalue weighted by Gasteiger charge is -2.07. The number of esters is 1. The van der Waals surface area contributed by atoms with Crippen LogP contribution in [0.2, 0.25) is 0 Å². The fourth-order valence-electron chi connectivity index (χ4n) is 2.66. The molecule has 0 bridgehead atoms. The van der Waals surface area contributed by atoms with Crippen LogP contribution in [0.15, 0.2) is 53.2 Å². The highest BCUT2D eigenvalue weighted by Gasteiger charge is 2.24. The van der Waals surface area contributed by atoms with Gasteiger partial charge in [-0.15, -0.1) is 0 Å². The number of nitrogens with zero attached hydrogens (tertiary/aromatic N) is 1. The number of carbonyl (C=O) groups is 1. The zero-order valence-electron chi connectivity index (χ0n) is 16.2. The van der Waals surface area contributed by atoms with Crippen molar-refractivity contribution >= 4 is 17.9 Å². The minimum absolute atomic E-state index is 0.199. The predicted octanol–water partition coefficient (Wildman–Crippen LogP) is 4.23. The van der Waals surface area contributed by atoms with Gasteiger partial charge in [-0.2, -0.15) is 0 Å². The summed E-state index contributed by atoms with van der Waals surface area (Å²) >= 11 is 0. The van der Waals surface area contributed by atoms with Crippen molar-refractivity contribution in [3.63, 3.8) is 0 Å². The van der Waals surface area contributed by atoms with Gasteiger partial charge in [0.25, 0.3) is 0 Å². The van der Waals surface area contributed by atoms with Crippen molar-refractivity contribution in [2.75, 3.05) is 20.8 Å². The van der Waals surface area contributed by atoms with Crippen LogP contribution in [0.4, 0.5) is 0 Å². The summed E-state index contributed by atoms with van der Waals surface area (Å²) in [6.45, 7) is 2.80. The van der Waals surface area contributed by atoms with Gasteiger partial charge in [-0.1, -0.05) is 13.3 Å². The third kappa shape index (κ3) is 4.52. The largest absolute Gasteiger partial charge is 0.497 e. The average molecular weight is 381 g/mol. The fraction of sp³-hybridized carbons (Fsp3) is 0.273. The van der Waals surface area contributed by atoms with Crippen LogP contribution in [0.1, 0.15) is 30.9 Å². The van der Waals surface area contributed by atoms with Crippen LogP contribution < -0.4 is 14.2 Å². The van der Waals surface area contributed by atoms with Crippen LogP contribution >= 0.6 is 0 Å². The van der Waals surface area contributed by atoms with Crippen LogP contribution in [-0.2, 0) is 9.53 Å². The van der Waals surface area contributed by atoms with E-state index in [4.69, 9.17) is 18.9 Å². The topological polar surface area (TPSA) is 66.3 Å². The van der Waals surface area contributed by atoms with E-state index in [0.29, 0.717) is 29.2 Å². The van der Waals surface area contributed by atoms with Crippen LogP contribution in [0.25, 0.3) is 6.08 Å². The first-order valence-corrected chi connectivity index (χ1v) is 9.12. The number of rotatable bonds is 8. The predicted molar refractivity (Wildman–Crippen MR) is 107 cm³/mol. The highest BCUT2D eigenvalue weighted by atomic mass is 16.6. The van der Waals surface area contributed by atoms with Gasteiger partial charge in [0, 0.05) is 11.1 Å². The van der Waals surface area contributed by atoms with E-state index < -0.39 is 5.97 Å². The van der Waals surface area contributed by atoms with Crippen molar-refractivity contribution in [3.8, 4) is 17.2 Å². The van der Waals surface area contributed by atoms with Crippen molar-refractivity contribution in [3.05, 3.63) is 59.3 Å². The molecule has 1 aliphatic rings. The maximum atomic E-state index is 12.3. The molecule has 0 aliphatic carbocycles. The van der Waals surface area contributed by atoms with Gasteiger partial charge in [-0.3, -0.25) is 0 Å². The molecule has 0 spiro atoms. The Labute approximate surface area is 164 Å². The van der Waals surface area contributed by atoms with E-state index in [0.717, 1.165) is 18.6 Å². The third-order valence-electron chi connectivity index (χ3n) is 4.22. The lowest BCUT2D eigenvalue weighted by molar-refractivity contribution is -0.129. The minimum atomic E-state index is -0.511. The summed E-state index contributed by atoms with van der Waals surface area (Å²) in [6.07, 6.45) is 3.71. The Morgan fingerprint density at radius 1 is 1.04 bits per heavy atom. The van der Waals surface area contributed by atoms with Gasteiger partial charge >= 0.3 is 5.97 Å². The second-order valence-corrected chi connectivity index (χ2v) is 6.17. The molecule has 28 heavy (non-hydrogen) atoms. The Bertz CT molecular complexity index is 900. The average Bonchev–Trinajstić information content (AvgIpc) is 3.09. The number of ether oxygens (including phenoxy) is 4. The first kappa shape index (κ1) is 19.5. The summed E-state index contributed by atoms with van der Waals surface area (Å²) in [4.78, 5) is 16.6. The van der Waals surface area contributed by atoms with E-state index in [1.165, 1.54) is 0 Å². The molecule has 6 nitrogen and oxygen atoms in total. The van der Waals surface area contributed by atoms with E-state index in [2.05, 4.69) is 11.9 Å². The smallest absolute Gasteiger partial charge is 0.363 e. The molecule has 0 aromatic heterocycles. The molecule has 2 aromatic carbocycles. The first-order valence-electron chi connectivity index (χ1n) is 9.12. The highest BCUT2D eigenvalue weighted by molar-refractivity contribution is 6.13. The maximum absolute atomic E-state index is 12.3. The van der Waals surface area contributed by atoms with E-state index in [1.807, 2.05) is 24.3 Å². The number of cyclic esters (lactones) is 1. The van der Waals surface area contributed by atoms with Crippen LogP contribution in [0, 0.1) is 0 Å². The highest BCUT2D eigenvalue weighted by Crippen LogP contribution is 2.28. The summed E-state index contributed by atoms with van der Waals surface area (Å²) in [5, 5.41) is 0. The summed E-state index contributed by atoms with van der Waals surface area (Å²) < 4.78 is 21.6. The summed E-state index contributed by atoms with van der Waals surface area (Å²) in [5.74, 6) is 1.79. The Balaban J connectivity index is 1.82. The third-order valence-corrected chi connectivity index (χ3v) is 4.22. The SMILES string of the molecule is CCCCOc1ccc(C2=NC(=Cc3cc(OC)ccc3OC)C(=O)O2)cc1. The molecule has 0 saturated carbocycles. The summed E-state index contributed by atoms with van der Waals surface area (Å²) in [6, 6.07) is 12.7. The molecule has 3 rings (SSSR count). The maximum Gasteiger partial charge on any atom is 0.363 e. The molecular weight excluding hydrogens is 358 g/mol. The molecule has 1 aliphatic heterocycles. The number of methoxy groups -OCH3 is 2. The number of aliphatic imine (C=N–C) groups is 1. The summed E-state index contributed by atoms with van der Waals surface area (Å²) in [5.41, 5.74) is 1.58. The van der Waals surface area contributed by atoms with Crippen LogP contribution in [0.3, 0.4) is 0 Å². The second-order valence-electron chi connectivity index (χ2n) is 6.17. The lowest BCUT2D eigenvalue weighted by Crippen LogP contribution is -2.05. The molecule has 146 valence electrons. The summed E-state index contributed by atoms with van der Waals surface area (Å²) in [7, 11) is 3.14. The van der Waals surface area contributed by atoms with Gasteiger partial charge in [-0.25, -0.2) is 9.79 Å². The van der Waals surface area contributed by atoms with Gasteiger partial charge in [-0.05, 0) is 55.0 Å². The molecule has 0 radical (unpaired) electrons. The van der Waals surface area contributed by atoms with Crippen LogP contribution in [0.5, 0.6) is 17.2 Å². The van der Waals surface area contributed by atoms with E-state index in [9.17, 15) is 4.79 Å². The van der Waals surface area contributed by atoms with Gasteiger partial charge in [0.15, 0.2) is 5.70 Å². The zero-order valence-corrected chi connectivity index (χ0v) is 16.2. The first-order chi connectivity index (χ1) is 13.6. The van der Waals surface area contributed by atoms with Crippen molar-refractivity contribution in [2.45, 2.75) is 19.8 Å². The van der Waals surface area contributed by atoms with Gasteiger partial charge < -0.3 is 18.9 Å². The Morgan fingerprint density at radius 2 is 1.79 bits per heavy atom. The van der Waals surface area contributed by atoms with Crippen molar-refractivity contribution in [1.82, 2.24) is 0 Å². The normalized spacial score (nSPS) is 14.6. The fourth-order valence-corrected chi connectivity index (χ4v) is 2.66. The number of unbranched alkanes of at least 4 members (excludes halogenated alkanes) is 1. The van der Waals surface area contributed by atoms with Crippen molar-refractivity contribution < 1.29 is 23.7 Å². The zero-order chi connectivity index (χ0) is 19.9. The van der Waals surface area contributed by atoms with Gasteiger partial charge in [0.1, 0.15) is 17.2 Å². The number of benzene rings is 2. The Morgan fingerprint density at radius 3 is 2.46 bits per heavy atom. The van der Waals surface area contributed by atoms with E-state index in [-0.39, 0.29) is 11.6 Å². The van der Waals surface area contributed by atoms with Gasteiger partial charge in [0.05, 0.1) is 20.8 Å². The Hall–Kier alpha value is -3.28. The standard InChI is InChI=1S/C22H23NO5/c1-4-5-12-27-17-8-6-15(7-9-17)21-23-19(22(24)28-21)14-16-13-18(25-2)10-11-20(16)26-3/h6-11,13-14H,4-5,12H2,1-3H3. The molecule has 0 N–H and O–H groups in total. The number of carbonyl (C=O) groups excluding carboxylic acids is 1. The molecule has 2 aromatic rings. The Kier molecular flexibility index (Phi) is 6.32. The molecule has 0 unspecified atom stereocenters. The quantitative estimate of drug-likeness (QED) is 0.389. The number of hydrogen-bond donors (Lipinski definition) is 0. The molecule has 6 heteroatoms. The van der Waals surface area contributed by atoms with Crippen molar-refractivity contribution in [1.29, 1.82) is 0 Å². The molecule has 0 atom stereocenters. The molecule has 1 heterocycles. The minimum Gasteiger partial charge on any atom is -0.497 e. The lowest BCUT2D eigenvalue weighted by atomic mass is 10.1. The molecule has 0 saturated heterocycles. The molecular formula is C22H23NO5. The van der Waals surface area contributed by atoms with Crippen molar-refractivity contribution in [2.24, 2.45) is 4.99 Å². The van der Waals surface area contributed by atoms with E-state index in [1.54, 1.807) is 38.5 Å². The number of hydrogen-bond acceptors (Lipinski definition) is 6.